The normalized spacial score (nSPS) is 10.8. The summed E-state index contributed by atoms with van der Waals surface area (Å²) >= 11 is 5.61. The summed E-state index contributed by atoms with van der Waals surface area (Å²) in [4.78, 5) is 9.74. The lowest BCUT2D eigenvalue weighted by Crippen LogP contribution is -2.04. The molecule has 0 aliphatic carbocycles. The van der Waals surface area contributed by atoms with Crippen molar-refractivity contribution < 1.29 is 26.9 Å². The van der Waals surface area contributed by atoms with Crippen LogP contribution in [0.1, 0.15) is 0 Å². The van der Waals surface area contributed by atoms with Crippen LogP contribution in [0.4, 0.5) is 27.6 Å². The second-order valence-electron chi connectivity index (χ2n) is 3.84. The zero-order valence-corrected chi connectivity index (χ0v) is 10.5. The van der Waals surface area contributed by atoms with Gasteiger partial charge in [0.2, 0.25) is 5.82 Å². The fourth-order valence-corrected chi connectivity index (χ4v) is 1.98. The number of nitro benzene ring substituents is 1. The Morgan fingerprint density at radius 1 is 0.905 bits per heavy atom. The first-order chi connectivity index (χ1) is 9.77. The zero-order valence-electron chi connectivity index (χ0n) is 9.76. The van der Waals surface area contributed by atoms with Crippen LogP contribution in [0, 0.1) is 39.2 Å². The Balaban J connectivity index is 2.86. The highest BCUT2D eigenvalue weighted by Crippen LogP contribution is 2.39. The van der Waals surface area contributed by atoms with Crippen molar-refractivity contribution in [3.05, 3.63) is 62.4 Å². The van der Waals surface area contributed by atoms with Gasteiger partial charge < -0.3 is 0 Å². The number of rotatable bonds is 2. The molecule has 0 N–H and O–H groups in total. The van der Waals surface area contributed by atoms with Crippen LogP contribution < -0.4 is 0 Å². The van der Waals surface area contributed by atoms with Crippen molar-refractivity contribution in [3.8, 4) is 11.1 Å². The lowest BCUT2D eigenvalue weighted by atomic mass is 10.0. The van der Waals surface area contributed by atoms with Gasteiger partial charge in [0.25, 0.3) is 5.69 Å². The molecule has 0 unspecified atom stereocenters. The summed E-state index contributed by atoms with van der Waals surface area (Å²) in [5, 5.41) is 9.96. The van der Waals surface area contributed by atoms with Crippen LogP contribution in [0.3, 0.4) is 0 Å². The fraction of sp³-hybridized carbons (Fsp3) is 0. The summed E-state index contributed by atoms with van der Waals surface area (Å²) in [6.45, 7) is 0. The third-order valence-electron chi connectivity index (χ3n) is 2.65. The molecule has 0 atom stereocenters. The molecule has 0 spiro atoms. The van der Waals surface area contributed by atoms with Crippen LogP contribution in [0.25, 0.3) is 11.1 Å². The van der Waals surface area contributed by atoms with E-state index >= 15 is 0 Å². The van der Waals surface area contributed by atoms with E-state index in [0.29, 0.717) is 0 Å². The molecule has 0 aliphatic rings. The molecule has 0 aliphatic heterocycles. The molecule has 0 radical (unpaired) electrons. The molecule has 110 valence electrons. The van der Waals surface area contributed by atoms with Gasteiger partial charge in [-0.05, 0) is 0 Å². The Morgan fingerprint density at radius 3 is 1.86 bits per heavy atom. The zero-order chi connectivity index (χ0) is 15.9. The summed E-state index contributed by atoms with van der Waals surface area (Å²) in [6, 6.07) is 2.85. The lowest BCUT2D eigenvalue weighted by Gasteiger charge is -2.10. The third kappa shape index (κ3) is 2.31. The Morgan fingerprint density at radius 2 is 1.38 bits per heavy atom. The number of benzene rings is 2. The molecule has 21 heavy (non-hydrogen) atoms. The predicted octanol–water partition coefficient (Wildman–Crippen LogP) is 4.61. The molecular formula is C12H3ClF5NO2. The molecule has 9 heteroatoms. The maximum absolute atomic E-state index is 13.7. The minimum absolute atomic E-state index is 0.668. The predicted molar refractivity (Wildman–Crippen MR) is 63.3 cm³/mol. The summed E-state index contributed by atoms with van der Waals surface area (Å²) in [6.07, 6.45) is 0. The molecule has 0 fully saturated rings. The highest BCUT2D eigenvalue weighted by molar-refractivity contribution is 6.35. The summed E-state index contributed by atoms with van der Waals surface area (Å²) in [5.41, 5.74) is -2.71. The lowest BCUT2D eigenvalue weighted by molar-refractivity contribution is -0.384. The van der Waals surface area contributed by atoms with E-state index in [9.17, 15) is 32.1 Å². The van der Waals surface area contributed by atoms with E-state index in [1.54, 1.807) is 0 Å². The molecular weight excluding hydrogens is 321 g/mol. The Kier molecular flexibility index (Phi) is 3.82. The van der Waals surface area contributed by atoms with Crippen molar-refractivity contribution in [2.45, 2.75) is 0 Å². The van der Waals surface area contributed by atoms with E-state index in [1.165, 1.54) is 0 Å². The van der Waals surface area contributed by atoms with E-state index in [2.05, 4.69) is 0 Å². The van der Waals surface area contributed by atoms with E-state index in [1.807, 2.05) is 0 Å². The molecule has 2 aromatic carbocycles. The van der Waals surface area contributed by atoms with Gasteiger partial charge in [0, 0.05) is 11.6 Å². The van der Waals surface area contributed by atoms with Crippen molar-refractivity contribution in [2.75, 3.05) is 0 Å². The van der Waals surface area contributed by atoms with Crippen LogP contribution in [0.2, 0.25) is 5.02 Å². The summed E-state index contributed by atoms with van der Waals surface area (Å²) in [5.74, 6) is -10.9. The summed E-state index contributed by atoms with van der Waals surface area (Å²) < 4.78 is 66.5. The average Bonchev–Trinajstić information content (AvgIpc) is 2.44. The van der Waals surface area contributed by atoms with E-state index in [0.717, 1.165) is 18.2 Å². The second kappa shape index (κ2) is 5.28. The maximum Gasteiger partial charge on any atom is 0.288 e. The number of hydrogen-bond donors (Lipinski definition) is 0. The molecule has 2 aromatic rings. The quantitative estimate of drug-likeness (QED) is 0.266. The van der Waals surface area contributed by atoms with Crippen molar-refractivity contribution in [1.29, 1.82) is 0 Å². The van der Waals surface area contributed by atoms with E-state index in [4.69, 9.17) is 11.6 Å². The number of halogens is 6. The standard InChI is InChI=1S/C12H3ClF5NO2/c13-7-4(2-1-3-5(7)19(20)21)6-8(14)10(16)12(18)11(17)9(6)15/h1-3H. The van der Waals surface area contributed by atoms with E-state index < -0.39 is 55.8 Å². The first-order valence-electron chi connectivity index (χ1n) is 5.22. The van der Waals surface area contributed by atoms with Crippen LogP contribution in [0.15, 0.2) is 18.2 Å². The van der Waals surface area contributed by atoms with Crippen molar-refractivity contribution >= 4 is 17.3 Å². The number of nitro groups is 1. The highest BCUT2D eigenvalue weighted by Gasteiger charge is 2.29. The highest BCUT2D eigenvalue weighted by atomic mass is 35.5. The number of hydrogen-bond acceptors (Lipinski definition) is 2. The first kappa shape index (κ1) is 15.2. The van der Waals surface area contributed by atoms with Gasteiger partial charge >= 0.3 is 0 Å². The smallest absolute Gasteiger partial charge is 0.258 e. The topological polar surface area (TPSA) is 43.1 Å². The minimum atomic E-state index is -2.32. The average molecular weight is 324 g/mol. The molecule has 3 nitrogen and oxygen atoms in total. The summed E-state index contributed by atoms with van der Waals surface area (Å²) in [7, 11) is 0. The van der Waals surface area contributed by atoms with Gasteiger partial charge in [-0.3, -0.25) is 10.1 Å². The Hall–Kier alpha value is -2.22. The third-order valence-corrected chi connectivity index (χ3v) is 3.05. The van der Waals surface area contributed by atoms with Crippen LogP contribution in [-0.2, 0) is 0 Å². The monoisotopic (exact) mass is 323 g/mol. The van der Waals surface area contributed by atoms with E-state index in [-0.39, 0.29) is 0 Å². The molecule has 0 aromatic heterocycles. The molecule has 0 saturated carbocycles. The molecule has 0 saturated heterocycles. The Labute approximate surface area is 118 Å². The van der Waals surface area contributed by atoms with Gasteiger partial charge in [-0.15, -0.1) is 0 Å². The molecule has 0 amide bonds. The van der Waals surface area contributed by atoms with Gasteiger partial charge in [0.05, 0.1) is 10.5 Å². The minimum Gasteiger partial charge on any atom is -0.258 e. The van der Waals surface area contributed by atoms with Crippen molar-refractivity contribution in [1.82, 2.24) is 0 Å². The van der Waals surface area contributed by atoms with Gasteiger partial charge in [-0.2, -0.15) is 0 Å². The molecule has 0 heterocycles. The van der Waals surface area contributed by atoms with Gasteiger partial charge in [-0.1, -0.05) is 23.7 Å². The van der Waals surface area contributed by atoms with Crippen LogP contribution in [0.5, 0.6) is 0 Å². The SMILES string of the molecule is O=[N+]([O-])c1cccc(-c2c(F)c(F)c(F)c(F)c2F)c1Cl. The fourth-order valence-electron chi connectivity index (χ4n) is 1.70. The van der Waals surface area contributed by atoms with Crippen molar-refractivity contribution in [3.63, 3.8) is 0 Å². The molecule has 2 rings (SSSR count). The van der Waals surface area contributed by atoms with Gasteiger partial charge in [-0.25, -0.2) is 22.0 Å². The maximum atomic E-state index is 13.7. The second-order valence-corrected chi connectivity index (χ2v) is 4.22. The van der Waals surface area contributed by atoms with Gasteiger partial charge in [0.1, 0.15) is 5.02 Å². The number of nitrogens with zero attached hydrogens (tertiary/aromatic N) is 1. The molecule has 0 bridgehead atoms. The largest absolute Gasteiger partial charge is 0.288 e. The van der Waals surface area contributed by atoms with Crippen LogP contribution in [-0.4, -0.2) is 4.92 Å². The van der Waals surface area contributed by atoms with Crippen molar-refractivity contribution in [2.24, 2.45) is 0 Å². The van der Waals surface area contributed by atoms with Gasteiger partial charge in [0.15, 0.2) is 23.3 Å². The Bertz CT molecular complexity index is 737. The first-order valence-corrected chi connectivity index (χ1v) is 5.59. The van der Waals surface area contributed by atoms with Crippen LogP contribution >= 0.6 is 11.6 Å².